The number of nitrogens with two attached hydrogens (primary N) is 1. The normalized spacial score (nSPS) is 26.4. The zero-order valence-electron chi connectivity index (χ0n) is 11.6. The van der Waals surface area contributed by atoms with Crippen LogP contribution in [-0.4, -0.2) is 19.8 Å². The van der Waals surface area contributed by atoms with Gasteiger partial charge in [-0.3, -0.25) is 0 Å². The first-order valence-corrected chi connectivity index (χ1v) is 7.48. The van der Waals surface area contributed by atoms with E-state index in [0.717, 1.165) is 43.6 Å². The molecule has 0 aromatic heterocycles. The Hall–Kier alpha value is -0.930. The number of hydrogen-bond donors (Lipinski definition) is 1. The fraction of sp³-hybridized carbons (Fsp3) is 0.625. The summed E-state index contributed by atoms with van der Waals surface area (Å²) in [4.78, 5) is 0. The second kappa shape index (κ2) is 5.45. The Morgan fingerprint density at radius 3 is 2.85 bits per heavy atom. The smallest absolute Gasteiger partial charge is 0.123 e. The van der Waals surface area contributed by atoms with Gasteiger partial charge in [-0.1, -0.05) is 0 Å². The summed E-state index contributed by atoms with van der Waals surface area (Å²) in [6.45, 7) is 2.48. The average Bonchev–Trinajstić information content (AvgIpc) is 3.33. The zero-order chi connectivity index (χ0) is 12.8. The Kier molecular flexibility index (Phi) is 3.83. The highest BCUT2D eigenvalue weighted by Gasteiger charge is 2.41. The third kappa shape index (κ3) is 2.49. The van der Waals surface area contributed by atoms with E-state index < -0.39 is 0 Å². The van der Waals surface area contributed by atoms with Gasteiger partial charge in [-0.25, -0.2) is 0 Å². The molecule has 0 unspecified atom stereocenters. The summed E-state index contributed by atoms with van der Waals surface area (Å²) in [5.41, 5.74) is 8.61. The molecule has 2 atom stereocenters. The number of halogens is 1. The van der Waals surface area contributed by atoms with Crippen LogP contribution in [0.3, 0.4) is 0 Å². The van der Waals surface area contributed by atoms with Crippen LogP contribution >= 0.6 is 12.4 Å². The molecule has 0 saturated heterocycles. The average molecular weight is 296 g/mol. The van der Waals surface area contributed by atoms with Gasteiger partial charge in [0.15, 0.2) is 0 Å². The highest BCUT2D eigenvalue weighted by atomic mass is 35.5. The minimum atomic E-state index is 0. The molecule has 1 aromatic rings. The van der Waals surface area contributed by atoms with Crippen LogP contribution in [0.1, 0.15) is 36.3 Å². The molecule has 4 heteroatoms. The molecule has 0 amide bonds. The third-order valence-corrected chi connectivity index (χ3v) is 4.65. The summed E-state index contributed by atoms with van der Waals surface area (Å²) in [5.74, 6) is 4.21. The van der Waals surface area contributed by atoms with Crippen LogP contribution in [0.2, 0.25) is 0 Å². The largest absolute Gasteiger partial charge is 0.493 e. The fourth-order valence-electron chi connectivity index (χ4n) is 3.17. The third-order valence-electron chi connectivity index (χ3n) is 4.65. The standard InChI is InChI=1S/C16H21NO2.ClH/c17-8-11-7-13(11)16-12-5-6-18-14(12)3-4-15(16)19-9-10-1-2-10;/h3-4,10-11,13H,1-2,5-9,17H2;1H/t11-,13+;/m1./s1. The number of rotatable bonds is 5. The van der Waals surface area contributed by atoms with Gasteiger partial charge in [0.25, 0.3) is 0 Å². The molecule has 2 N–H and O–H groups in total. The summed E-state index contributed by atoms with van der Waals surface area (Å²) < 4.78 is 11.8. The minimum Gasteiger partial charge on any atom is -0.493 e. The van der Waals surface area contributed by atoms with Crippen LogP contribution in [0, 0.1) is 11.8 Å². The second-order valence-electron chi connectivity index (χ2n) is 6.14. The highest BCUT2D eigenvalue weighted by Crippen LogP contribution is 2.53. The summed E-state index contributed by atoms with van der Waals surface area (Å²) in [6.07, 6.45) is 4.91. The molecule has 3 aliphatic rings. The van der Waals surface area contributed by atoms with E-state index in [1.165, 1.54) is 30.4 Å². The van der Waals surface area contributed by atoms with Gasteiger partial charge in [0.2, 0.25) is 0 Å². The zero-order valence-corrected chi connectivity index (χ0v) is 12.5. The van der Waals surface area contributed by atoms with Crippen molar-refractivity contribution in [1.82, 2.24) is 0 Å². The van der Waals surface area contributed by atoms with Crippen molar-refractivity contribution in [3.8, 4) is 11.5 Å². The molecular formula is C16H22ClNO2. The van der Waals surface area contributed by atoms with Crippen LogP contribution in [0.4, 0.5) is 0 Å². The Labute approximate surface area is 126 Å². The first-order valence-electron chi connectivity index (χ1n) is 7.48. The van der Waals surface area contributed by atoms with Crippen LogP contribution in [0.25, 0.3) is 0 Å². The van der Waals surface area contributed by atoms with E-state index in [1.54, 1.807) is 0 Å². The molecule has 4 rings (SSSR count). The van der Waals surface area contributed by atoms with Crippen molar-refractivity contribution in [1.29, 1.82) is 0 Å². The van der Waals surface area contributed by atoms with E-state index in [1.807, 2.05) is 0 Å². The number of fused-ring (bicyclic) bond motifs is 1. The quantitative estimate of drug-likeness (QED) is 0.908. The lowest BCUT2D eigenvalue weighted by molar-refractivity contribution is 0.296. The molecule has 1 heterocycles. The van der Waals surface area contributed by atoms with Gasteiger partial charge in [-0.15, -0.1) is 12.4 Å². The van der Waals surface area contributed by atoms with E-state index in [4.69, 9.17) is 15.2 Å². The van der Waals surface area contributed by atoms with E-state index in [0.29, 0.717) is 11.8 Å². The van der Waals surface area contributed by atoms with Crippen LogP contribution < -0.4 is 15.2 Å². The summed E-state index contributed by atoms with van der Waals surface area (Å²) in [7, 11) is 0. The molecule has 0 spiro atoms. The van der Waals surface area contributed by atoms with E-state index in [9.17, 15) is 0 Å². The first kappa shape index (κ1) is 14.0. The Bertz CT molecular complexity index is 501. The maximum Gasteiger partial charge on any atom is 0.123 e. The highest BCUT2D eigenvalue weighted by molar-refractivity contribution is 5.85. The number of ether oxygens (including phenoxy) is 2. The summed E-state index contributed by atoms with van der Waals surface area (Å²) in [6, 6.07) is 4.18. The van der Waals surface area contributed by atoms with Crippen molar-refractivity contribution in [3.05, 3.63) is 23.3 Å². The van der Waals surface area contributed by atoms with Crippen molar-refractivity contribution >= 4 is 12.4 Å². The first-order chi connectivity index (χ1) is 9.36. The monoisotopic (exact) mass is 295 g/mol. The lowest BCUT2D eigenvalue weighted by Gasteiger charge is -2.14. The van der Waals surface area contributed by atoms with Crippen molar-refractivity contribution in [2.45, 2.75) is 31.6 Å². The van der Waals surface area contributed by atoms with Crippen molar-refractivity contribution in [2.24, 2.45) is 17.6 Å². The van der Waals surface area contributed by atoms with Crippen molar-refractivity contribution < 1.29 is 9.47 Å². The Morgan fingerprint density at radius 1 is 1.30 bits per heavy atom. The fourth-order valence-corrected chi connectivity index (χ4v) is 3.17. The maximum absolute atomic E-state index is 6.08. The maximum atomic E-state index is 6.08. The molecule has 0 bridgehead atoms. The number of benzene rings is 1. The van der Waals surface area contributed by atoms with Crippen molar-refractivity contribution in [2.75, 3.05) is 19.8 Å². The summed E-state index contributed by atoms with van der Waals surface area (Å²) >= 11 is 0. The molecule has 3 nitrogen and oxygen atoms in total. The molecule has 2 aliphatic carbocycles. The van der Waals surface area contributed by atoms with Gasteiger partial charge in [0.1, 0.15) is 11.5 Å². The minimum absolute atomic E-state index is 0. The van der Waals surface area contributed by atoms with Crippen LogP contribution in [0.5, 0.6) is 11.5 Å². The SMILES string of the molecule is Cl.NC[C@H]1C[C@@H]1c1c(OCC2CC2)ccc2c1CCO2. The number of hydrogen-bond acceptors (Lipinski definition) is 3. The predicted octanol–water partition coefficient (Wildman–Crippen LogP) is 2.89. The second-order valence-corrected chi connectivity index (χ2v) is 6.14. The van der Waals surface area contributed by atoms with Gasteiger partial charge in [0.05, 0.1) is 13.2 Å². The van der Waals surface area contributed by atoms with Gasteiger partial charge in [-0.2, -0.15) is 0 Å². The van der Waals surface area contributed by atoms with Gasteiger partial charge in [0, 0.05) is 17.5 Å². The van der Waals surface area contributed by atoms with Crippen LogP contribution in [0.15, 0.2) is 12.1 Å². The molecule has 0 radical (unpaired) electrons. The molecule has 110 valence electrons. The summed E-state index contributed by atoms with van der Waals surface area (Å²) in [5, 5.41) is 0. The molecule has 20 heavy (non-hydrogen) atoms. The van der Waals surface area contributed by atoms with E-state index in [2.05, 4.69) is 12.1 Å². The Balaban J connectivity index is 0.00000121. The molecular weight excluding hydrogens is 274 g/mol. The molecule has 2 saturated carbocycles. The van der Waals surface area contributed by atoms with E-state index >= 15 is 0 Å². The van der Waals surface area contributed by atoms with Gasteiger partial charge >= 0.3 is 0 Å². The Morgan fingerprint density at radius 2 is 2.15 bits per heavy atom. The van der Waals surface area contributed by atoms with E-state index in [-0.39, 0.29) is 12.4 Å². The van der Waals surface area contributed by atoms with Gasteiger partial charge < -0.3 is 15.2 Å². The predicted molar refractivity (Wildman–Crippen MR) is 81.0 cm³/mol. The van der Waals surface area contributed by atoms with Crippen LogP contribution in [-0.2, 0) is 6.42 Å². The molecule has 1 aliphatic heterocycles. The topological polar surface area (TPSA) is 44.5 Å². The lowest BCUT2D eigenvalue weighted by atomic mass is 9.98. The molecule has 1 aromatic carbocycles. The van der Waals surface area contributed by atoms with Crippen molar-refractivity contribution in [3.63, 3.8) is 0 Å². The molecule has 2 fully saturated rings. The van der Waals surface area contributed by atoms with Gasteiger partial charge in [-0.05, 0) is 55.7 Å². The lowest BCUT2D eigenvalue weighted by Crippen LogP contribution is -2.06.